The summed E-state index contributed by atoms with van der Waals surface area (Å²) in [5, 5.41) is 13.6. The van der Waals surface area contributed by atoms with Crippen molar-refractivity contribution in [1.29, 1.82) is 0 Å². The van der Waals surface area contributed by atoms with Gasteiger partial charge < -0.3 is 9.84 Å². The number of aryl methyl sites for hydroxylation is 1. The van der Waals surface area contributed by atoms with E-state index in [0.717, 1.165) is 16.8 Å². The Morgan fingerprint density at radius 1 is 1.42 bits per heavy atom. The molecular formula is C11H8BrF3N2O2. The van der Waals surface area contributed by atoms with E-state index in [1.165, 1.54) is 13.1 Å². The van der Waals surface area contributed by atoms with Crippen LogP contribution in [0, 0.1) is 5.82 Å². The van der Waals surface area contributed by atoms with Crippen molar-refractivity contribution < 1.29 is 23.0 Å². The van der Waals surface area contributed by atoms with Crippen LogP contribution in [0.5, 0.6) is 11.6 Å². The summed E-state index contributed by atoms with van der Waals surface area (Å²) < 4.78 is 42.9. The molecule has 0 amide bonds. The number of hydrogen-bond acceptors (Lipinski definition) is 3. The van der Waals surface area contributed by atoms with E-state index >= 15 is 0 Å². The molecule has 0 unspecified atom stereocenters. The molecule has 0 spiro atoms. The maximum atomic E-state index is 12.9. The van der Waals surface area contributed by atoms with Gasteiger partial charge in [0.2, 0.25) is 5.88 Å². The highest BCUT2D eigenvalue weighted by Crippen LogP contribution is 2.39. The summed E-state index contributed by atoms with van der Waals surface area (Å²) in [7, 11) is 1.41. The van der Waals surface area contributed by atoms with Crippen LogP contribution in [-0.4, -0.2) is 21.5 Å². The predicted octanol–water partition coefficient (Wildman–Crippen LogP) is 3.30. The summed E-state index contributed by atoms with van der Waals surface area (Å²) in [4.78, 5) is 0. The smallest absolute Gasteiger partial charge is 0.388 e. The molecule has 0 bridgehead atoms. The number of hydrogen-bond donors (Lipinski definition) is 1. The molecule has 19 heavy (non-hydrogen) atoms. The number of phenols is 1. The van der Waals surface area contributed by atoms with Crippen molar-refractivity contribution in [3.8, 4) is 22.9 Å². The number of rotatable bonds is 3. The maximum absolute atomic E-state index is 12.9. The molecule has 0 saturated carbocycles. The van der Waals surface area contributed by atoms with Gasteiger partial charge >= 0.3 is 6.61 Å². The van der Waals surface area contributed by atoms with Crippen LogP contribution in [0.2, 0.25) is 0 Å². The first-order valence-corrected chi connectivity index (χ1v) is 5.85. The van der Waals surface area contributed by atoms with Crippen molar-refractivity contribution >= 4 is 15.9 Å². The zero-order valence-corrected chi connectivity index (χ0v) is 11.2. The van der Waals surface area contributed by atoms with E-state index in [-0.39, 0.29) is 27.4 Å². The van der Waals surface area contributed by atoms with Crippen molar-refractivity contribution in [2.75, 3.05) is 0 Å². The molecule has 1 heterocycles. The van der Waals surface area contributed by atoms with Gasteiger partial charge in [-0.15, -0.1) is 0 Å². The molecule has 0 aliphatic heterocycles. The molecule has 0 aliphatic rings. The lowest BCUT2D eigenvalue weighted by molar-refractivity contribution is -0.0558. The van der Waals surface area contributed by atoms with Gasteiger partial charge in [0.25, 0.3) is 0 Å². The van der Waals surface area contributed by atoms with Gasteiger partial charge in [0.15, 0.2) is 0 Å². The van der Waals surface area contributed by atoms with Gasteiger partial charge in [0.05, 0.1) is 0 Å². The first-order chi connectivity index (χ1) is 8.90. The number of ether oxygens (including phenoxy) is 1. The van der Waals surface area contributed by atoms with Crippen molar-refractivity contribution in [3.63, 3.8) is 0 Å². The fourth-order valence-corrected chi connectivity index (χ4v) is 2.22. The van der Waals surface area contributed by atoms with Crippen molar-refractivity contribution in [2.45, 2.75) is 6.61 Å². The normalized spacial score (nSPS) is 11.1. The molecule has 0 radical (unpaired) electrons. The van der Waals surface area contributed by atoms with E-state index in [2.05, 4.69) is 25.8 Å². The minimum Gasteiger partial charge on any atom is -0.507 e. The molecule has 1 aromatic carbocycles. The monoisotopic (exact) mass is 336 g/mol. The summed E-state index contributed by atoms with van der Waals surface area (Å²) in [6.45, 7) is -3.00. The zero-order valence-electron chi connectivity index (χ0n) is 9.57. The first kappa shape index (κ1) is 13.7. The highest BCUT2D eigenvalue weighted by Gasteiger charge is 2.21. The second-order valence-corrected chi connectivity index (χ2v) is 4.42. The number of nitrogens with zero attached hydrogens (tertiary/aromatic N) is 2. The van der Waals surface area contributed by atoms with Crippen LogP contribution < -0.4 is 4.74 Å². The van der Waals surface area contributed by atoms with Gasteiger partial charge in [-0.1, -0.05) is 0 Å². The summed E-state index contributed by atoms with van der Waals surface area (Å²) >= 11 is 3.07. The topological polar surface area (TPSA) is 47.3 Å². The molecule has 102 valence electrons. The van der Waals surface area contributed by atoms with Gasteiger partial charge in [0, 0.05) is 18.7 Å². The van der Waals surface area contributed by atoms with E-state index < -0.39 is 12.4 Å². The summed E-state index contributed by atoms with van der Waals surface area (Å²) in [6.07, 6.45) is 0. The second kappa shape index (κ2) is 5.12. The van der Waals surface area contributed by atoms with E-state index in [1.807, 2.05) is 0 Å². The Bertz CT molecular complexity index is 616. The Morgan fingerprint density at radius 2 is 2.11 bits per heavy atom. The van der Waals surface area contributed by atoms with Crippen LogP contribution in [0.4, 0.5) is 13.2 Å². The molecule has 0 saturated heterocycles. The molecule has 4 nitrogen and oxygen atoms in total. The predicted molar refractivity (Wildman–Crippen MR) is 64.6 cm³/mol. The molecule has 0 aliphatic carbocycles. The van der Waals surface area contributed by atoms with Gasteiger partial charge in [-0.25, -0.2) is 9.07 Å². The standard InChI is InChI=1S/C11H8BrF3N2O2/c1-17-10(19-11(14)15)8(12)9(16-17)6-3-2-5(13)4-7(6)18/h2-4,11,18H,1H3. The number of aromatic nitrogens is 2. The Balaban J connectivity index is 2.51. The summed E-state index contributed by atoms with van der Waals surface area (Å²) in [5.74, 6) is -1.14. The van der Waals surface area contributed by atoms with Crippen molar-refractivity contribution in [2.24, 2.45) is 7.05 Å². The van der Waals surface area contributed by atoms with E-state index in [4.69, 9.17) is 0 Å². The van der Waals surface area contributed by atoms with Gasteiger partial charge in [-0.3, -0.25) is 0 Å². The molecule has 2 rings (SSSR count). The highest BCUT2D eigenvalue weighted by molar-refractivity contribution is 9.10. The number of halogens is 4. The number of phenolic OH excluding ortho intramolecular Hbond substituents is 1. The largest absolute Gasteiger partial charge is 0.507 e. The average Bonchev–Trinajstić information content (AvgIpc) is 2.57. The average molecular weight is 337 g/mol. The van der Waals surface area contributed by atoms with Crippen LogP contribution in [0.25, 0.3) is 11.3 Å². The Hall–Kier alpha value is -1.70. The number of alkyl halides is 2. The van der Waals surface area contributed by atoms with Crippen LogP contribution in [0.15, 0.2) is 22.7 Å². The highest BCUT2D eigenvalue weighted by atomic mass is 79.9. The minimum absolute atomic E-state index is 0.150. The fourth-order valence-electron chi connectivity index (χ4n) is 1.57. The molecule has 1 N–H and O–H groups in total. The number of aromatic hydroxyl groups is 1. The van der Waals surface area contributed by atoms with Crippen LogP contribution in [0.1, 0.15) is 0 Å². The van der Waals surface area contributed by atoms with Gasteiger partial charge in [0.1, 0.15) is 21.7 Å². The third-order valence-corrected chi connectivity index (χ3v) is 3.07. The van der Waals surface area contributed by atoms with Crippen LogP contribution >= 0.6 is 15.9 Å². The lowest BCUT2D eigenvalue weighted by Crippen LogP contribution is -2.06. The van der Waals surface area contributed by atoms with E-state index in [9.17, 15) is 18.3 Å². The third kappa shape index (κ3) is 2.67. The van der Waals surface area contributed by atoms with E-state index in [1.54, 1.807) is 0 Å². The Labute approximate surface area is 114 Å². The van der Waals surface area contributed by atoms with Gasteiger partial charge in [-0.2, -0.15) is 13.9 Å². The number of benzene rings is 1. The second-order valence-electron chi connectivity index (χ2n) is 3.63. The van der Waals surface area contributed by atoms with Crippen LogP contribution in [0.3, 0.4) is 0 Å². The third-order valence-electron chi connectivity index (χ3n) is 2.36. The Kier molecular flexibility index (Phi) is 3.70. The lowest BCUT2D eigenvalue weighted by Gasteiger charge is -2.04. The van der Waals surface area contributed by atoms with E-state index in [0.29, 0.717) is 0 Å². The first-order valence-electron chi connectivity index (χ1n) is 5.06. The molecule has 2 aromatic rings. The quantitative estimate of drug-likeness (QED) is 0.935. The molecule has 8 heteroatoms. The Morgan fingerprint density at radius 3 is 2.68 bits per heavy atom. The van der Waals surface area contributed by atoms with Gasteiger partial charge in [-0.05, 0) is 28.1 Å². The van der Waals surface area contributed by atoms with Crippen molar-refractivity contribution in [1.82, 2.24) is 9.78 Å². The summed E-state index contributed by atoms with van der Waals surface area (Å²) in [5.41, 5.74) is 0.378. The molecule has 0 atom stereocenters. The molecular weight excluding hydrogens is 329 g/mol. The minimum atomic E-state index is -3.00. The fraction of sp³-hybridized carbons (Fsp3) is 0.182. The maximum Gasteiger partial charge on any atom is 0.388 e. The summed E-state index contributed by atoms with van der Waals surface area (Å²) in [6, 6.07) is 3.33. The van der Waals surface area contributed by atoms with Crippen LogP contribution in [-0.2, 0) is 7.05 Å². The molecule has 0 fully saturated rings. The lowest BCUT2D eigenvalue weighted by atomic mass is 10.1. The van der Waals surface area contributed by atoms with Crippen molar-refractivity contribution in [3.05, 3.63) is 28.5 Å². The zero-order chi connectivity index (χ0) is 14.2. The molecule has 1 aromatic heterocycles. The SMILES string of the molecule is Cn1nc(-c2ccc(F)cc2O)c(Br)c1OC(F)F.